The van der Waals surface area contributed by atoms with Crippen LogP contribution in [0, 0.1) is 0 Å². The number of hydrogen-bond acceptors (Lipinski definition) is 2. The molecule has 2 aromatic rings. The van der Waals surface area contributed by atoms with E-state index in [1.165, 1.54) is 22.0 Å². The predicted molar refractivity (Wildman–Crippen MR) is 80.4 cm³/mol. The highest BCUT2D eigenvalue weighted by Gasteiger charge is 2.08. The van der Waals surface area contributed by atoms with Gasteiger partial charge in [-0.25, -0.2) is 0 Å². The van der Waals surface area contributed by atoms with Crippen LogP contribution in [0.1, 0.15) is 30.9 Å². The highest BCUT2D eigenvalue weighted by atomic mass is 16.2. The van der Waals surface area contributed by atoms with Crippen molar-refractivity contribution in [1.29, 1.82) is 0 Å². The lowest BCUT2D eigenvalue weighted by Gasteiger charge is -2.04. The van der Waals surface area contributed by atoms with Crippen LogP contribution < -0.4 is 5.73 Å². The van der Waals surface area contributed by atoms with Crippen molar-refractivity contribution in [3.8, 4) is 0 Å². The topological polar surface area (TPSA) is 51.2 Å². The summed E-state index contributed by atoms with van der Waals surface area (Å²) < 4.78 is 2.30. The zero-order valence-corrected chi connectivity index (χ0v) is 11.7. The van der Waals surface area contributed by atoms with Gasteiger partial charge in [-0.3, -0.25) is 0 Å². The molecule has 1 heterocycles. The largest absolute Gasteiger partial charge is 0.396 e. The molecule has 0 saturated carbocycles. The average Bonchev–Trinajstić information content (AvgIpc) is 2.80. The Hall–Kier alpha value is -1.32. The summed E-state index contributed by atoms with van der Waals surface area (Å²) in [6.45, 7) is 4.12. The summed E-state index contributed by atoms with van der Waals surface area (Å²) in [7, 11) is 0. The van der Waals surface area contributed by atoms with Crippen molar-refractivity contribution >= 4 is 10.9 Å². The Labute approximate surface area is 115 Å². The first-order chi connectivity index (χ1) is 9.30. The number of benzene rings is 1. The van der Waals surface area contributed by atoms with Crippen LogP contribution >= 0.6 is 0 Å². The minimum absolute atomic E-state index is 0.253. The molecule has 0 bridgehead atoms. The molecule has 2 rings (SSSR count). The smallest absolute Gasteiger partial charge is 0.0483 e. The molecule has 3 nitrogen and oxygen atoms in total. The van der Waals surface area contributed by atoms with E-state index in [2.05, 4.69) is 35.9 Å². The number of rotatable bonds is 7. The second kappa shape index (κ2) is 6.73. The molecule has 0 spiro atoms. The molecule has 0 fully saturated rings. The summed E-state index contributed by atoms with van der Waals surface area (Å²) in [6.07, 6.45) is 6.06. The second-order valence-corrected chi connectivity index (χ2v) is 5.02. The number of fused-ring (bicyclic) bond motifs is 1. The molecule has 0 radical (unpaired) electrons. The molecule has 0 saturated heterocycles. The molecular formula is C16H24N2O. The fraction of sp³-hybridized carbons (Fsp3) is 0.500. The Balaban J connectivity index is 2.40. The number of aryl methyl sites for hydroxylation is 3. The van der Waals surface area contributed by atoms with Crippen LogP contribution in [0.25, 0.3) is 10.9 Å². The van der Waals surface area contributed by atoms with Crippen LogP contribution in [0.3, 0.4) is 0 Å². The minimum atomic E-state index is 0.253. The van der Waals surface area contributed by atoms with Crippen molar-refractivity contribution in [2.45, 2.75) is 39.2 Å². The Kier molecular flexibility index (Phi) is 5.00. The molecule has 0 atom stereocenters. The first kappa shape index (κ1) is 14.1. The van der Waals surface area contributed by atoms with Gasteiger partial charge in [-0.15, -0.1) is 0 Å². The number of nitrogens with zero attached hydrogens (tertiary/aromatic N) is 1. The highest BCUT2D eigenvalue weighted by molar-refractivity contribution is 5.84. The second-order valence-electron chi connectivity index (χ2n) is 5.02. The molecule has 0 unspecified atom stereocenters. The molecule has 3 heteroatoms. The molecular weight excluding hydrogens is 236 g/mol. The number of aromatic nitrogens is 1. The van der Waals surface area contributed by atoms with Gasteiger partial charge >= 0.3 is 0 Å². The van der Waals surface area contributed by atoms with Gasteiger partial charge in [0.2, 0.25) is 0 Å². The molecule has 104 valence electrons. The van der Waals surface area contributed by atoms with Crippen molar-refractivity contribution in [3.63, 3.8) is 0 Å². The lowest BCUT2D eigenvalue weighted by atomic mass is 10.1. The van der Waals surface area contributed by atoms with E-state index in [1.54, 1.807) is 0 Å². The summed E-state index contributed by atoms with van der Waals surface area (Å²) in [5.74, 6) is 0. The maximum absolute atomic E-state index is 9.03. The summed E-state index contributed by atoms with van der Waals surface area (Å²) in [5.41, 5.74) is 9.61. The van der Waals surface area contributed by atoms with E-state index in [-0.39, 0.29) is 6.61 Å². The fourth-order valence-electron chi connectivity index (χ4n) is 2.55. The van der Waals surface area contributed by atoms with Crippen LogP contribution in [-0.4, -0.2) is 22.8 Å². The standard InChI is InChI=1S/C16H24N2O/c1-2-13-6-7-16-15(11-13)14(5-3-10-19)12-18(16)9-4-8-17/h6-7,11-12,19H,2-5,8-10,17H2,1H3. The van der Waals surface area contributed by atoms with E-state index < -0.39 is 0 Å². The Morgan fingerprint density at radius 2 is 2.11 bits per heavy atom. The normalized spacial score (nSPS) is 11.3. The highest BCUT2D eigenvalue weighted by Crippen LogP contribution is 2.24. The van der Waals surface area contributed by atoms with Crippen molar-refractivity contribution in [3.05, 3.63) is 35.5 Å². The SMILES string of the molecule is CCc1ccc2c(c1)c(CCCO)cn2CCCN. The fourth-order valence-corrected chi connectivity index (χ4v) is 2.55. The van der Waals surface area contributed by atoms with Gasteiger partial charge in [0.15, 0.2) is 0 Å². The Bertz CT molecular complexity index is 531. The summed E-state index contributed by atoms with van der Waals surface area (Å²) >= 11 is 0. The van der Waals surface area contributed by atoms with Gasteiger partial charge in [0.25, 0.3) is 0 Å². The van der Waals surface area contributed by atoms with E-state index in [4.69, 9.17) is 10.8 Å². The average molecular weight is 260 g/mol. The van der Waals surface area contributed by atoms with Gasteiger partial charge in [-0.1, -0.05) is 13.0 Å². The third-order valence-electron chi connectivity index (χ3n) is 3.64. The molecule has 0 aliphatic carbocycles. The van der Waals surface area contributed by atoms with Crippen molar-refractivity contribution in [1.82, 2.24) is 4.57 Å². The maximum atomic E-state index is 9.03. The van der Waals surface area contributed by atoms with E-state index in [9.17, 15) is 0 Å². The Morgan fingerprint density at radius 3 is 2.79 bits per heavy atom. The summed E-state index contributed by atoms with van der Waals surface area (Å²) in [5, 5.41) is 10.4. The summed E-state index contributed by atoms with van der Waals surface area (Å²) in [4.78, 5) is 0. The lowest BCUT2D eigenvalue weighted by molar-refractivity contribution is 0.288. The predicted octanol–water partition coefficient (Wildman–Crippen LogP) is 2.48. The number of aliphatic hydroxyl groups is 1. The van der Waals surface area contributed by atoms with Crippen LogP contribution in [0.15, 0.2) is 24.4 Å². The van der Waals surface area contributed by atoms with Crippen LogP contribution in [0.4, 0.5) is 0 Å². The van der Waals surface area contributed by atoms with E-state index in [1.807, 2.05) is 0 Å². The van der Waals surface area contributed by atoms with Gasteiger partial charge in [-0.2, -0.15) is 0 Å². The first-order valence-electron chi connectivity index (χ1n) is 7.21. The molecule has 0 amide bonds. The van der Waals surface area contributed by atoms with Crippen LogP contribution in [-0.2, 0) is 19.4 Å². The molecule has 19 heavy (non-hydrogen) atoms. The minimum Gasteiger partial charge on any atom is -0.396 e. The first-order valence-corrected chi connectivity index (χ1v) is 7.21. The van der Waals surface area contributed by atoms with E-state index >= 15 is 0 Å². The van der Waals surface area contributed by atoms with Gasteiger partial charge in [-0.05, 0) is 55.5 Å². The van der Waals surface area contributed by atoms with E-state index in [0.717, 1.165) is 38.8 Å². The van der Waals surface area contributed by atoms with Gasteiger partial charge < -0.3 is 15.4 Å². The summed E-state index contributed by atoms with van der Waals surface area (Å²) in [6, 6.07) is 6.71. The lowest BCUT2D eigenvalue weighted by Crippen LogP contribution is -2.04. The number of aliphatic hydroxyl groups excluding tert-OH is 1. The van der Waals surface area contributed by atoms with Gasteiger partial charge in [0.1, 0.15) is 0 Å². The molecule has 3 N–H and O–H groups in total. The van der Waals surface area contributed by atoms with Crippen LogP contribution in [0.5, 0.6) is 0 Å². The monoisotopic (exact) mass is 260 g/mol. The zero-order chi connectivity index (χ0) is 13.7. The maximum Gasteiger partial charge on any atom is 0.0483 e. The van der Waals surface area contributed by atoms with Gasteiger partial charge in [0.05, 0.1) is 0 Å². The Morgan fingerprint density at radius 1 is 1.26 bits per heavy atom. The quantitative estimate of drug-likeness (QED) is 0.803. The zero-order valence-electron chi connectivity index (χ0n) is 11.7. The van der Waals surface area contributed by atoms with Crippen molar-refractivity contribution in [2.24, 2.45) is 5.73 Å². The number of nitrogens with two attached hydrogens (primary N) is 1. The number of hydrogen-bond donors (Lipinski definition) is 2. The molecule has 0 aliphatic rings. The molecule has 0 aliphatic heterocycles. The third kappa shape index (κ3) is 3.17. The third-order valence-corrected chi connectivity index (χ3v) is 3.64. The van der Waals surface area contributed by atoms with Crippen molar-refractivity contribution < 1.29 is 5.11 Å². The van der Waals surface area contributed by atoms with E-state index in [0.29, 0.717) is 0 Å². The van der Waals surface area contributed by atoms with Gasteiger partial charge in [0, 0.05) is 30.3 Å². The van der Waals surface area contributed by atoms with Crippen LogP contribution in [0.2, 0.25) is 0 Å². The molecule has 1 aromatic heterocycles. The molecule has 1 aromatic carbocycles. The van der Waals surface area contributed by atoms with Crippen molar-refractivity contribution in [2.75, 3.05) is 13.2 Å².